The number of carbonyl (C=O) groups is 1. The van der Waals surface area contributed by atoms with Crippen LogP contribution in [0.5, 0.6) is 0 Å². The lowest BCUT2D eigenvalue weighted by molar-refractivity contribution is -0.543. The lowest BCUT2D eigenvalue weighted by Gasteiger charge is -2.35. The molecule has 0 bridgehead atoms. The number of hydrogen-bond acceptors (Lipinski definition) is 5. The van der Waals surface area contributed by atoms with Gasteiger partial charge in [0, 0.05) is 19.3 Å². The van der Waals surface area contributed by atoms with Gasteiger partial charge < -0.3 is 5.11 Å². The summed E-state index contributed by atoms with van der Waals surface area (Å²) in [6, 6.07) is 0. The number of aliphatic carboxylic acids is 1. The number of unbranched alkanes of at least 4 members (excludes halogenated alkanes) is 1. The highest BCUT2D eigenvalue weighted by molar-refractivity contribution is 5.66. The number of rotatable bonds is 11. The average Bonchev–Trinajstić information content (AvgIpc) is 2.38. The Kier molecular flexibility index (Phi) is 9.28. The zero-order valence-electron chi connectivity index (χ0n) is 15.7. The molecule has 0 spiro atoms. The highest BCUT2D eigenvalue weighted by Gasteiger charge is 2.38. The average molecular weight is 334 g/mol. The van der Waals surface area contributed by atoms with Crippen LogP contribution in [0, 0.1) is 0 Å². The molecule has 0 aliphatic carbocycles. The Morgan fingerprint density at radius 2 is 1.26 bits per heavy atom. The van der Waals surface area contributed by atoms with Crippen LogP contribution >= 0.6 is 0 Å². The van der Waals surface area contributed by atoms with Crippen molar-refractivity contribution < 1.29 is 29.5 Å². The van der Waals surface area contributed by atoms with Crippen molar-refractivity contribution in [2.75, 3.05) is 0 Å². The van der Waals surface area contributed by atoms with Crippen molar-refractivity contribution in [3.05, 3.63) is 0 Å². The van der Waals surface area contributed by atoms with Crippen LogP contribution in [-0.4, -0.2) is 28.1 Å². The van der Waals surface area contributed by atoms with Crippen molar-refractivity contribution in [1.82, 2.24) is 0 Å². The van der Waals surface area contributed by atoms with Crippen LogP contribution in [0.1, 0.15) is 87.0 Å². The summed E-state index contributed by atoms with van der Waals surface area (Å²) in [5, 5.41) is 8.86. The van der Waals surface area contributed by atoms with Crippen molar-refractivity contribution >= 4 is 5.97 Å². The minimum Gasteiger partial charge on any atom is -0.481 e. The summed E-state index contributed by atoms with van der Waals surface area (Å²) in [6.07, 6.45) is 3.22. The maximum absolute atomic E-state index is 10.8. The Morgan fingerprint density at radius 3 is 1.61 bits per heavy atom. The normalized spacial score (nSPS) is 13.3. The minimum atomic E-state index is -1.11. The molecule has 6 heteroatoms. The highest BCUT2D eigenvalue weighted by atomic mass is 17.3. The third-order valence-electron chi connectivity index (χ3n) is 2.75. The van der Waals surface area contributed by atoms with Gasteiger partial charge in [-0.3, -0.25) is 4.79 Å². The predicted octanol–water partition coefficient (Wildman–Crippen LogP) is 4.62. The standard InChI is InChI=1S/C17H34O6/c1-8-9-12-17(13-10-11-14(18)19,22-20-15(2,3)4)23-21-16(5,6)7/h8-13H2,1-7H3,(H,18,19). The lowest BCUT2D eigenvalue weighted by atomic mass is 10.0. The number of carboxylic acids is 1. The van der Waals surface area contributed by atoms with Gasteiger partial charge in [0.2, 0.25) is 5.79 Å². The summed E-state index contributed by atoms with van der Waals surface area (Å²) < 4.78 is 0. The van der Waals surface area contributed by atoms with Crippen molar-refractivity contribution in [3.8, 4) is 0 Å². The van der Waals surface area contributed by atoms with E-state index in [0.717, 1.165) is 12.8 Å². The molecule has 0 aliphatic heterocycles. The third kappa shape index (κ3) is 12.4. The molecule has 0 saturated heterocycles. The third-order valence-corrected chi connectivity index (χ3v) is 2.75. The minimum absolute atomic E-state index is 0.0473. The monoisotopic (exact) mass is 334 g/mol. The maximum Gasteiger partial charge on any atom is 0.303 e. The van der Waals surface area contributed by atoms with E-state index in [0.29, 0.717) is 19.3 Å². The van der Waals surface area contributed by atoms with E-state index in [9.17, 15) is 4.79 Å². The molecule has 0 aromatic carbocycles. The van der Waals surface area contributed by atoms with Crippen LogP contribution in [-0.2, 0) is 24.3 Å². The van der Waals surface area contributed by atoms with Gasteiger partial charge in [-0.25, -0.2) is 9.78 Å². The second kappa shape index (κ2) is 9.57. The first kappa shape index (κ1) is 22.3. The Morgan fingerprint density at radius 1 is 0.826 bits per heavy atom. The Labute approximate surface area is 140 Å². The van der Waals surface area contributed by atoms with Crippen LogP contribution in [0.25, 0.3) is 0 Å². The van der Waals surface area contributed by atoms with E-state index >= 15 is 0 Å². The molecule has 0 heterocycles. The SMILES string of the molecule is CCCCC(CCCC(=O)O)(OOC(C)(C)C)OOC(C)(C)C. The number of hydrogen-bond donors (Lipinski definition) is 1. The van der Waals surface area contributed by atoms with E-state index in [-0.39, 0.29) is 6.42 Å². The van der Waals surface area contributed by atoms with Gasteiger partial charge in [0.05, 0.1) is 11.2 Å². The molecule has 138 valence electrons. The molecular formula is C17H34O6. The van der Waals surface area contributed by atoms with Crippen LogP contribution in [0.3, 0.4) is 0 Å². The molecule has 0 aliphatic rings. The van der Waals surface area contributed by atoms with Gasteiger partial charge in [0.1, 0.15) is 0 Å². The molecule has 0 atom stereocenters. The number of carboxylic acid groups (broad SMARTS) is 1. The summed E-state index contributed by atoms with van der Waals surface area (Å²) in [4.78, 5) is 33.0. The van der Waals surface area contributed by atoms with Gasteiger partial charge in [-0.15, -0.1) is 0 Å². The zero-order chi connectivity index (χ0) is 18.1. The molecule has 0 amide bonds. The Bertz CT molecular complexity index is 322. The van der Waals surface area contributed by atoms with Crippen LogP contribution < -0.4 is 0 Å². The fraction of sp³-hybridized carbons (Fsp3) is 0.941. The summed E-state index contributed by atoms with van der Waals surface area (Å²) in [7, 11) is 0. The fourth-order valence-corrected chi connectivity index (χ4v) is 1.66. The zero-order valence-corrected chi connectivity index (χ0v) is 15.7. The van der Waals surface area contributed by atoms with E-state index < -0.39 is 23.0 Å². The first-order chi connectivity index (χ1) is 10.4. The molecule has 0 radical (unpaired) electrons. The quantitative estimate of drug-likeness (QED) is 0.337. The van der Waals surface area contributed by atoms with Gasteiger partial charge in [0.25, 0.3) is 0 Å². The van der Waals surface area contributed by atoms with E-state index in [1.54, 1.807) is 0 Å². The molecular weight excluding hydrogens is 300 g/mol. The summed E-state index contributed by atoms with van der Waals surface area (Å²) >= 11 is 0. The van der Waals surface area contributed by atoms with Gasteiger partial charge in [0.15, 0.2) is 0 Å². The first-order valence-corrected chi connectivity index (χ1v) is 8.35. The van der Waals surface area contributed by atoms with Crippen LogP contribution in [0.15, 0.2) is 0 Å². The molecule has 0 rings (SSSR count). The summed E-state index contributed by atoms with van der Waals surface area (Å²) in [5.74, 6) is -1.95. The Balaban J connectivity index is 5.03. The molecule has 23 heavy (non-hydrogen) atoms. The van der Waals surface area contributed by atoms with E-state index in [1.165, 1.54) is 0 Å². The first-order valence-electron chi connectivity index (χ1n) is 8.35. The summed E-state index contributed by atoms with van der Waals surface area (Å²) in [6.45, 7) is 13.3. The van der Waals surface area contributed by atoms with Crippen LogP contribution in [0.4, 0.5) is 0 Å². The molecule has 0 aromatic rings. The van der Waals surface area contributed by atoms with E-state index in [4.69, 9.17) is 24.7 Å². The largest absolute Gasteiger partial charge is 0.481 e. The fourth-order valence-electron chi connectivity index (χ4n) is 1.66. The van der Waals surface area contributed by atoms with Gasteiger partial charge in [-0.1, -0.05) is 13.3 Å². The maximum atomic E-state index is 10.8. The smallest absolute Gasteiger partial charge is 0.303 e. The molecule has 0 aromatic heterocycles. The van der Waals surface area contributed by atoms with Crippen molar-refractivity contribution in [2.24, 2.45) is 0 Å². The van der Waals surface area contributed by atoms with Crippen LogP contribution in [0.2, 0.25) is 0 Å². The molecule has 0 fully saturated rings. The topological polar surface area (TPSA) is 74.2 Å². The molecule has 0 unspecified atom stereocenters. The second-order valence-corrected chi connectivity index (χ2v) is 7.82. The lowest BCUT2D eigenvalue weighted by Crippen LogP contribution is -2.41. The molecule has 6 nitrogen and oxygen atoms in total. The van der Waals surface area contributed by atoms with Crippen molar-refractivity contribution in [1.29, 1.82) is 0 Å². The van der Waals surface area contributed by atoms with Gasteiger partial charge in [-0.05, 0) is 54.4 Å². The van der Waals surface area contributed by atoms with Crippen molar-refractivity contribution in [3.63, 3.8) is 0 Å². The van der Waals surface area contributed by atoms with Gasteiger partial charge in [-0.2, -0.15) is 9.78 Å². The van der Waals surface area contributed by atoms with E-state index in [1.807, 2.05) is 41.5 Å². The van der Waals surface area contributed by atoms with E-state index in [2.05, 4.69) is 6.92 Å². The van der Waals surface area contributed by atoms with Crippen molar-refractivity contribution in [2.45, 2.75) is 104 Å². The highest BCUT2D eigenvalue weighted by Crippen LogP contribution is 2.31. The molecule has 1 N–H and O–H groups in total. The molecule has 0 saturated carbocycles. The summed E-state index contributed by atoms with van der Waals surface area (Å²) in [5.41, 5.74) is -1.01. The predicted molar refractivity (Wildman–Crippen MR) is 87.6 cm³/mol. The second-order valence-electron chi connectivity index (χ2n) is 7.82. The Hall–Kier alpha value is -0.690. The van der Waals surface area contributed by atoms with Gasteiger partial charge >= 0.3 is 5.97 Å².